The summed E-state index contributed by atoms with van der Waals surface area (Å²) >= 11 is 1.50. The molecular formula is C17H14O2S. The molecule has 0 aliphatic heterocycles. The summed E-state index contributed by atoms with van der Waals surface area (Å²) in [5.74, 6) is 0.888. The zero-order valence-electron chi connectivity index (χ0n) is 11.3. The number of thiophene rings is 1. The van der Waals surface area contributed by atoms with E-state index in [9.17, 15) is 4.79 Å². The predicted molar refractivity (Wildman–Crippen MR) is 83.0 cm³/mol. The Bertz CT molecular complexity index is 769. The van der Waals surface area contributed by atoms with Crippen LogP contribution in [-0.4, -0.2) is 12.9 Å². The van der Waals surface area contributed by atoms with Crippen LogP contribution in [-0.2, 0) is 0 Å². The quantitative estimate of drug-likeness (QED) is 0.663. The summed E-state index contributed by atoms with van der Waals surface area (Å²) in [5, 5.41) is 1.08. The van der Waals surface area contributed by atoms with E-state index >= 15 is 0 Å². The highest BCUT2D eigenvalue weighted by Gasteiger charge is 2.12. The summed E-state index contributed by atoms with van der Waals surface area (Å²) < 4.78 is 6.28. The fraction of sp³-hybridized carbons (Fsp3) is 0.118. The fourth-order valence-corrected chi connectivity index (χ4v) is 3.15. The number of hydrogen-bond donors (Lipinski definition) is 0. The summed E-state index contributed by atoms with van der Waals surface area (Å²) in [6.07, 6.45) is 0. The van der Waals surface area contributed by atoms with Gasteiger partial charge in [0, 0.05) is 10.3 Å². The molecule has 0 saturated carbocycles. The first-order chi connectivity index (χ1) is 9.67. The van der Waals surface area contributed by atoms with Crippen LogP contribution in [0.1, 0.15) is 20.8 Å². The second-order valence-corrected chi connectivity index (χ2v) is 5.79. The average molecular weight is 282 g/mol. The number of methoxy groups -OCH3 is 1. The molecule has 100 valence electrons. The molecule has 0 spiro atoms. The van der Waals surface area contributed by atoms with Crippen molar-refractivity contribution < 1.29 is 9.53 Å². The number of fused-ring (bicyclic) bond motifs is 1. The largest absolute Gasteiger partial charge is 0.497 e. The zero-order valence-corrected chi connectivity index (χ0v) is 12.2. The maximum atomic E-state index is 12.5. The highest BCUT2D eigenvalue weighted by atomic mass is 32.1. The average Bonchev–Trinajstić information content (AvgIpc) is 2.90. The Hall–Kier alpha value is -2.13. The van der Waals surface area contributed by atoms with Crippen molar-refractivity contribution in [3.8, 4) is 5.75 Å². The summed E-state index contributed by atoms with van der Waals surface area (Å²) in [6, 6.07) is 15.5. The van der Waals surface area contributed by atoms with Crippen molar-refractivity contribution in [1.82, 2.24) is 0 Å². The minimum atomic E-state index is 0.0742. The SMILES string of the molecule is COc1ccc2cc(C(=O)c3ccc(C)cc3)sc2c1. The molecular weight excluding hydrogens is 268 g/mol. The number of carbonyl (C=O) groups is 1. The van der Waals surface area contributed by atoms with E-state index < -0.39 is 0 Å². The van der Waals surface area contributed by atoms with Gasteiger partial charge in [0.1, 0.15) is 5.75 Å². The van der Waals surface area contributed by atoms with Gasteiger partial charge in [-0.15, -0.1) is 11.3 Å². The Morgan fingerprint density at radius 1 is 1.05 bits per heavy atom. The van der Waals surface area contributed by atoms with E-state index in [1.807, 2.05) is 55.5 Å². The minimum absolute atomic E-state index is 0.0742. The van der Waals surface area contributed by atoms with Crippen molar-refractivity contribution in [3.63, 3.8) is 0 Å². The number of aryl methyl sites for hydroxylation is 1. The van der Waals surface area contributed by atoms with Gasteiger partial charge in [0.05, 0.1) is 12.0 Å². The molecule has 0 saturated heterocycles. The smallest absolute Gasteiger partial charge is 0.202 e. The number of hydrogen-bond acceptors (Lipinski definition) is 3. The van der Waals surface area contributed by atoms with E-state index in [4.69, 9.17) is 4.74 Å². The van der Waals surface area contributed by atoms with Crippen molar-refractivity contribution >= 4 is 27.2 Å². The van der Waals surface area contributed by atoms with E-state index in [2.05, 4.69) is 0 Å². The maximum absolute atomic E-state index is 12.5. The number of benzene rings is 2. The first-order valence-corrected chi connectivity index (χ1v) is 7.18. The minimum Gasteiger partial charge on any atom is -0.497 e. The van der Waals surface area contributed by atoms with Gasteiger partial charge in [-0.3, -0.25) is 4.79 Å². The first-order valence-electron chi connectivity index (χ1n) is 6.36. The molecule has 3 aromatic rings. The molecule has 0 fully saturated rings. The Kier molecular flexibility index (Phi) is 3.28. The molecule has 0 bridgehead atoms. The zero-order chi connectivity index (χ0) is 14.1. The molecule has 0 radical (unpaired) electrons. The van der Waals surface area contributed by atoms with E-state index in [-0.39, 0.29) is 5.78 Å². The Labute approximate surface area is 121 Å². The van der Waals surface area contributed by atoms with Gasteiger partial charge in [-0.05, 0) is 36.6 Å². The van der Waals surface area contributed by atoms with Crippen LogP contribution in [0.3, 0.4) is 0 Å². The molecule has 0 atom stereocenters. The van der Waals surface area contributed by atoms with Gasteiger partial charge in [-0.1, -0.05) is 29.8 Å². The lowest BCUT2D eigenvalue weighted by molar-refractivity contribution is 0.104. The van der Waals surface area contributed by atoms with Gasteiger partial charge >= 0.3 is 0 Å². The standard InChI is InChI=1S/C17H14O2S/c1-11-3-5-12(6-4-11)17(18)16-9-13-7-8-14(19-2)10-15(13)20-16/h3-10H,1-2H3. The first kappa shape index (κ1) is 12.9. The maximum Gasteiger partial charge on any atom is 0.202 e. The fourth-order valence-electron chi connectivity index (χ4n) is 2.10. The van der Waals surface area contributed by atoms with Gasteiger partial charge in [-0.2, -0.15) is 0 Å². The molecule has 20 heavy (non-hydrogen) atoms. The molecule has 0 unspecified atom stereocenters. The van der Waals surface area contributed by atoms with E-state index in [1.165, 1.54) is 11.3 Å². The molecule has 3 rings (SSSR count). The lowest BCUT2D eigenvalue weighted by atomic mass is 10.1. The number of ketones is 1. The van der Waals surface area contributed by atoms with Gasteiger partial charge in [0.25, 0.3) is 0 Å². The van der Waals surface area contributed by atoms with E-state index in [1.54, 1.807) is 7.11 Å². The van der Waals surface area contributed by atoms with Crippen LogP contribution >= 0.6 is 11.3 Å². The molecule has 0 N–H and O–H groups in total. The Balaban J connectivity index is 2.01. The molecule has 2 aromatic carbocycles. The third-order valence-corrected chi connectivity index (χ3v) is 4.36. The molecule has 2 nitrogen and oxygen atoms in total. The molecule has 0 aliphatic carbocycles. The van der Waals surface area contributed by atoms with Crippen LogP contribution in [0.25, 0.3) is 10.1 Å². The Morgan fingerprint density at radius 3 is 2.50 bits per heavy atom. The molecule has 3 heteroatoms. The third-order valence-electron chi connectivity index (χ3n) is 3.26. The molecule has 1 heterocycles. The monoisotopic (exact) mass is 282 g/mol. The number of ether oxygens (including phenoxy) is 1. The number of carbonyl (C=O) groups excluding carboxylic acids is 1. The van der Waals surface area contributed by atoms with Crippen molar-refractivity contribution in [2.45, 2.75) is 6.92 Å². The van der Waals surface area contributed by atoms with Crippen LogP contribution in [0.4, 0.5) is 0 Å². The van der Waals surface area contributed by atoms with Crippen LogP contribution in [0.2, 0.25) is 0 Å². The second kappa shape index (κ2) is 5.10. The van der Waals surface area contributed by atoms with Crippen molar-refractivity contribution in [2.24, 2.45) is 0 Å². The number of rotatable bonds is 3. The lowest BCUT2D eigenvalue weighted by Crippen LogP contribution is -1.97. The summed E-state index contributed by atoms with van der Waals surface area (Å²) in [5.41, 5.74) is 1.89. The van der Waals surface area contributed by atoms with Gasteiger partial charge in [-0.25, -0.2) is 0 Å². The van der Waals surface area contributed by atoms with E-state index in [0.717, 1.165) is 31.8 Å². The lowest BCUT2D eigenvalue weighted by Gasteiger charge is -1.98. The highest BCUT2D eigenvalue weighted by Crippen LogP contribution is 2.30. The normalized spacial score (nSPS) is 10.7. The van der Waals surface area contributed by atoms with Gasteiger partial charge in [0.15, 0.2) is 0 Å². The molecule has 1 aromatic heterocycles. The van der Waals surface area contributed by atoms with Crippen molar-refractivity contribution in [1.29, 1.82) is 0 Å². The van der Waals surface area contributed by atoms with Crippen LogP contribution < -0.4 is 4.74 Å². The second-order valence-electron chi connectivity index (χ2n) is 4.71. The van der Waals surface area contributed by atoms with Crippen molar-refractivity contribution in [2.75, 3.05) is 7.11 Å². The summed E-state index contributed by atoms with van der Waals surface area (Å²) in [4.78, 5) is 13.2. The van der Waals surface area contributed by atoms with Crippen LogP contribution in [0, 0.1) is 6.92 Å². The molecule has 0 aliphatic rings. The third kappa shape index (κ3) is 2.32. The molecule has 0 amide bonds. The van der Waals surface area contributed by atoms with Gasteiger partial charge in [0.2, 0.25) is 5.78 Å². The van der Waals surface area contributed by atoms with Crippen molar-refractivity contribution in [3.05, 3.63) is 64.5 Å². The summed E-state index contributed by atoms with van der Waals surface area (Å²) in [7, 11) is 1.65. The Morgan fingerprint density at radius 2 is 1.80 bits per heavy atom. The topological polar surface area (TPSA) is 26.3 Å². The van der Waals surface area contributed by atoms with Crippen LogP contribution in [0.5, 0.6) is 5.75 Å². The highest BCUT2D eigenvalue weighted by molar-refractivity contribution is 7.21. The predicted octanol–water partition coefficient (Wildman–Crippen LogP) is 4.45. The summed E-state index contributed by atoms with van der Waals surface area (Å²) in [6.45, 7) is 2.01. The van der Waals surface area contributed by atoms with E-state index in [0.29, 0.717) is 0 Å². The van der Waals surface area contributed by atoms with Crippen LogP contribution in [0.15, 0.2) is 48.5 Å². The van der Waals surface area contributed by atoms with Gasteiger partial charge < -0.3 is 4.74 Å².